The van der Waals surface area contributed by atoms with Gasteiger partial charge in [-0.15, -0.1) is 0 Å². The topological polar surface area (TPSA) is 46.6 Å². The summed E-state index contributed by atoms with van der Waals surface area (Å²) >= 11 is 0. The number of carbonyl (C=O) groups excluding carboxylic acids is 2. The third-order valence-corrected chi connectivity index (χ3v) is 4.99. The monoisotopic (exact) mass is 337 g/mol. The quantitative estimate of drug-likeness (QED) is 0.801. The van der Waals surface area contributed by atoms with Gasteiger partial charge in [-0.05, 0) is 48.7 Å². The highest BCUT2D eigenvalue weighted by Gasteiger charge is 2.37. The Balaban J connectivity index is 1.75. The Labute approximate surface area is 148 Å². The van der Waals surface area contributed by atoms with Crippen LogP contribution in [-0.4, -0.2) is 36.8 Å². The Bertz CT molecular complexity index is 782. The molecule has 2 aromatic rings. The summed E-state index contributed by atoms with van der Waals surface area (Å²) < 4.78 is 5.14. The van der Waals surface area contributed by atoms with Crippen LogP contribution in [0.4, 0.5) is 0 Å². The van der Waals surface area contributed by atoms with E-state index in [4.69, 9.17) is 4.74 Å². The van der Waals surface area contributed by atoms with Crippen molar-refractivity contribution in [3.63, 3.8) is 0 Å². The molecule has 0 radical (unpaired) electrons. The zero-order chi connectivity index (χ0) is 18.0. The molecule has 3 rings (SSSR count). The van der Waals surface area contributed by atoms with E-state index in [2.05, 4.69) is 0 Å². The van der Waals surface area contributed by atoms with Gasteiger partial charge in [0.05, 0.1) is 7.11 Å². The van der Waals surface area contributed by atoms with Crippen molar-refractivity contribution in [2.75, 3.05) is 20.2 Å². The van der Waals surface area contributed by atoms with Crippen molar-refractivity contribution in [2.45, 2.75) is 13.8 Å². The number of carbonyl (C=O) groups is 2. The number of amides is 1. The van der Waals surface area contributed by atoms with E-state index >= 15 is 0 Å². The summed E-state index contributed by atoms with van der Waals surface area (Å²) in [6, 6.07) is 14.8. The molecule has 4 heteroatoms. The lowest BCUT2D eigenvalue weighted by Gasteiger charge is -2.17. The molecular formula is C21H23NO3. The molecule has 0 saturated carbocycles. The summed E-state index contributed by atoms with van der Waals surface area (Å²) in [5.41, 5.74) is 2.35. The van der Waals surface area contributed by atoms with E-state index < -0.39 is 0 Å². The number of ketones is 1. The number of aryl methyl sites for hydroxylation is 1. The van der Waals surface area contributed by atoms with Crippen molar-refractivity contribution >= 4 is 11.7 Å². The molecule has 0 N–H and O–H groups in total. The van der Waals surface area contributed by atoms with Gasteiger partial charge >= 0.3 is 0 Å². The predicted molar refractivity (Wildman–Crippen MR) is 97.1 cm³/mol. The highest BCUT2D eigenvalue weighted by Crippen LogP contribution is 2.28. The molecule has 2 atom stereocenters. The Morgan fingerprint density at radius 1 is 1.04 bits per heavy atom. The lowest BCUT2D eigenvalue weighted by atomic mass is 9.90. The molecule has 0 aromatic heterocycles. The van der Waals surface area contributed by atoms with Gasteiger partial charge in [-0.1, -0.05) is 25.1 Å². The van der Waals surface area contributed by atoms with Crippen LogP contribution < -0.4 is 4.74 Å². The summed E-state index contributed by atoms with van der Waals surface area (Å²) in [6.45, 7) is 5.06. The Kier molecular flexibility index (Phi) is 4.88. The summed E-state index contributed by atoms with van der Waals surface area (Å²) in [6.07, 6.45) is 0. The van der Waals surface area contributed by atoms with Crippen molar-refractivity contribution in [3.8, 4) is 5.75 Å². The van der Waals surface area contributed by atoms with Gasteiger partial charge in [0.2, 0.25) is 0 Å². The molecule has 1 unspecified atom stereocenters. The number of Topliss-reactive ketones (excluding diaryl/α,β-unsaturated/α-hetero) is 1. The van der Waals surface area contributed by atoms with E-state index in [0.717, 1.165) is 11.3 Å². The standard InChI is InChI=1S/C21H23NO3/c1-14-6-4-5-7-18(14)21(24)22-12-15(2)19(13-22)20(23)16-8-10-17(25-3)11-9-16/h4-11,15,19H,12-13H2,1-3H3/t15-,19?/m0/s1. The third kappa shape index (κ3) is 3.43. The van der Waals surface area contributed by atoms with Crippen LogP contribution in [0.15, 0.2) is 48.5 Å². The fourth-order valence-electron chi connectivity index (χ4n) is 3.43. The first-order valence-corrected chi connectivity index (χ1v) is 8.54. The molecule has 0 aliphatic carbocycles. The predicted octanol–water partition coefficient (Wildman–Crippen LogP) is 3.59. The number of rotatable bonds is 4. The largest absolute Gasteiger partial charge is 0.497 e. The van der Waals surface area contributed by atoms with Gasteiger partial charge in [-0.3, -0.25) is 9.59 Å². The molecule has 2 aromatic carbocycles. The summed E-state index contributed by atoms with van der Waals surface area (Å²) in [7, 11) is 1.60. The number of likely N-dealkylation sites (tertiary alicyclic amines) is 1. The van der Waals surface area contributed by atoms with Crippen molar-refractivity contribution < 1.29 is 14.3 Å². The minimum Gasteiger partial charge on any atom is -0.497 e. The SMILES string of the molecule is COc1ccc(C(=O)C2CN(C(=O)c3ccccc3C)C[C@@H]2C)cc1. The summed E-state index contributed by atoms with van der Waals surface area (Å²) in [5.74, 6) is 0.807. The number of hydrogen-bond acceptors (Lipinski definition) is 3. The molecule has 1 saturated heterocycles. The second kappa shape index (κ2) is 7.09. The van der Waals surface area contributed by atoms with Gasteiger partial charge < -0.3 is 9.64 Å². The maximum absolute atomic E-state index is 12.8. The smallest absolute Gasteiger partial charge is 0.254 e. The Hall–Kier alpha value is -2.62. The van der Waals surface area contributed by atoms with Crippen molar-refractivity contribution in [2.24, 2.45) is 11.8 Å². The van der Waals surface area contributed by atoms with Crippen molar-refractivity contribution in [3.05, 3.63) is 65.2 Å². The number of methoxy groups -OCH3 is 1. The molecule has 1 fully saturated rings. The lowest BCUT2D eigenvalue weighted by molar-refractivity contribution is 0.0779. The van der Waals surface area contributed by atoms with Crippen LogP contribution in [0.3, 0.4) is 0 Å². The average molecular weight is 337 g/mol. The third-order valence-electron chi connectivity index (χ3n) is 4.99. The highest BCUT2D eigenvalue weighted by molar-refractivity contribution is 6.00. The van der Waals surface area contributed by atoms with Gasteiger partial charge in [-0.25, -0.2) is 0 Å². The minimum atomic E-state index is -0.165. The maximum Gasteiger partial charge on any atom is 0.254 e. The minimum absolute atomic E-state index is 0.00924. The van der Waals surface area contributed by atoms with E-state index in [-0.39, 0.29) is 23.5 Å². The molecule has 1 aliphatic heterocycles. The van der Waals surface area contributed by atoms with Gasteiger partial charge in [0.15, 0.2) is 5.78 Å². The molecule has 1 aliphatic rings. The van der Waals surface area contributed by atoms with Crippen molar-refractivity contribution in [1.29, 1.82) is 0 Å². The highest BCUT2D eigenvalue weighted by atomic mass is 16.5. The van der Waals surface area contributed by atoms with E-state index in [1.54, 1.807) is 36.3 Å². The molecular weight excluding hydrogens is 314 g/mol. The second-order valence-corrected chi connectivity index (χ2v) is 6.70. The summed E-state index contributed by atoms with van der Waals surface area (Å²) in [5, 5.41) is 0. The Morgan fingerprint density at radius 3 is 2.36 bits per heavy atom. The average Bonchev–Trinajstić information content (AvgIpc) is 3.03. The number of ether oxygens (including phenoxy) is 1. The summed E-state index contributed by atoms with van der Waals surface area (Å²) in [4.78, 5) is 27.5. The van der Waals surface area contributed by atoms with Crippen molar-refractivity contribution in [1.82, 2.24) is 4.90 Å². The molecule has 25 heavy (non-hydrogen) atoms. The van der Waals surface area contributed by atoms with Crippen LogP contribution >= 0.6 is 0 Å². The van der Waals surface area contributed by atoms with Gasteiger partial charge in [0.1, 0.15) is 5.75 Å². The Morgan fingerprint density at radius 2 is 1.72 bits per heavy atom. The molecule has 0 bridgehead atoms. The van der Waals surface area contributed by atoms with Crippen LogP contribution in [0, 0.1) is 18.8 Å². The van der Waals surface area contributed by atoms with Gasteiger partial charge in [0.25, 0.3) is 5.91 Å². The van der Waals surface area contributed by atoms with Gasteiger partial charge in [-0.2, -0.15) is 0 Å². The normalized spacial score (nSPS) is 19.7. The first-order valence-electron chi connectivity index (χ1n) is 8.54. The van der Waals surface area contributed by atoms with E-state index in [1.807, 2.05) is 38.1 Å². The van der Waals surface area contributed by atoms with Gasteiger partial charge in [0, 0.05) is 30.1 Å². The van der Waals surface area contributed by atoms with Crippen LogP contribution in [-0.2, 0) is 0 Å². The van der Waals surface area contributed by atoms with Crippen LogP contribution in [0.1, 0.15) is 33.2 Å². The molecule has 0 spiro atoms. The number of benzene rings is 2. The molecule has 1 heterocycles. The molecule has 130 valence electrons. The van der Waals surface area contributed by atoms with E-state index in [1.165, 1.54) is 0 Å². The van der Waals surface area contributed by atoms with Crippen LogP contribution in [0.5, 0.6) is 5.75 Å². The zero-order valence-electron chi connectivity index (χ0n) is 14.9. The number of hydrogen-bond donors (Lipinski definition) is 0. The molecule has 4 nitrogen and oxygen atoms in total. The maximum atomic E-state index is 12.8. The first kappa shape index (κ1) is 17.2. The molecule has 1 amide bonds. The fourth-order valence-corrected chi connectivity index (χ4v) is 3.43. The first-order chi connectivity index (χ1) is 12.0. The second-order valence-electron chi connectivity index (χ2n) is 6.70. The fraction of sp³-hybridized carbons (Fsp3) is 0.333. The van der Waals surface area contributed by atoms with E-state index in [0.29, 0.717) is 24.2 Å². The number of nitrogens with zero attached hydrogens (tertiary/aromatic N) is 1. The van der Waals surface area contributed by atoms with Crippen LogP contribution in [0.25, 0.3) is 0 Å². The van der Waals surface area contributed by atoms with E-state index in [9.17, 15) is 9.59 Å². The van der Waals surface area contributed by atoms with Crippen LogP contribution in [0.2, 0.25) is 0 Å². The lowest BCUT2D eigenvalue weighted by Crippen LogP contribution is -2.30. The zero-order valence-corrected chi connectivity index (χ0v) is 14.9.